The molecule has 0 aromatic heterocycles. The van der Waals surface area contributed by atoms with E-state index in [9.17, 15) is 0 Å². The molecule has 118 valence electrons. The van der Waals surface area contributed by atoms with Gasteiger partial charge in [0.05, 0.1) is 26.9 Å². The van der Waals surface area contributed by atoms with Gasteiger partial charge in [0.2, 0.25) is 0 Å². The number of nitrogens with zero attached hydrogens (tertiary/aromatic N) is 1. The van der Waals surface area contributed by atoms with Crippen LogP contribution < -0.4 is 11.5 Å². The fourth-order valence-corrected chi connectivity index (χ4v) is 2.60. The number of nitrogens with two attached hydrogens (primary N) is 2. The Morgan fingerprint density at radius 3 is 2.71 bits per heavy atom. The first-order valence-electron chi connectivity index (χ1n) is 7.72. The molecule has 0 radical (unpaired) electrons. The lowest BCUT2D eigenvalue weighted by molar-refractivity contribution is -0.917. The average Bonchev–Trinajstić information content (AvgIpc) is 2.47. The maximum Gasteiger partial charge on any atom is 0.102 e. The standard InChI is InChI=1S/C16H28N3O2/c1-19(7-11-21-12-8-19)6-10-20-9-2-3-14-13-15(17)4-5-16(14)18/h4-5,13H,2-3,6-12,17-18H2,1H3/q+1. The highest BCUT2D eigenvalue weighted by Gasteiger charge is 2.24. The zero-order valence-electron chi connectivity index (χ0n) is 13.0. The second-order valence-electron chi connectivity index (χ2n) is 6.08. The van der Waals surface area contributed by atoms with E-state index < -0.39 is 0 Å². The van der Waals surface area contributed by atoms with Gasteiger partial charge in [-0.3, -0.25) is 0 Å². The van der Waals surface area contributed by atoms with Crippen LogP contribution in [0.5, 0.6) is 0 Å². The fraction of sp³-hybridized carbons (Fsp3) is 0.625. The summed E-state index contributed by atoms with van der Waals surface area (Å²) in [5.74, 6) is 0. The molecule has 1 heterocycles. The van der Waals surface area contributed by atoms with E-state index >= 15 is 0 Å². The number of aryl methyl sites for hydroxylation is 1. The van der Waals surface area contributed by atoms with Gasteiger partial charge in [-0.25, -0.2) is 0 Å². The first-order valence-corrected chi connectivity index (χ1v) is 7.72. The van der Waals surface area contributed by atoms with Crippen molar-refractivity contribution in [2.24, 2.45) is 0 Å². The minimum Gasteiger partial charge on any atom is -0.399 e. The molecule has 0 aliphatic carbocycles. The van der Waals surface area contributed by atoms with Crippen LogP contribution in [0.4, 0.5) is 11.4 Å². The predicted octanol–water partition coefficient (Wildman–Crippen LogP) is 1.28. The Morgan fingerprint density at radius 2 is 1.95 bits per heavy atom. The van der Waals surface area contributed by atoms with Crippen molar-refractivity contribution in [3.63, 3.8) is 0 Å². The van der Waals surface area contributed by atoms with Crippen molar-refractivity contribution in [2.45, 2.75) is 12.8 Å². The molecule has 0 saturated carbocycles. The maximum absolute atomic E-state index is 5.93. The molecule has 1 aromatic carbocycles. The number of morpholine rings is 1. The number of hydrogen-bond acceptors (Lipinski definition) is 4. The fourth-order valence-electron chi connectivity index (χ4n) is 2.60. The van der Waals surface area contributed by atoms with Gasteiger partial charge >= 0.3 is 0 Å². The first-order chi connectivity index (χ1) is 10.1. The molecule has 5 nitrogen and oxygen atoms in total. The van der Waals surface area contributed by atoms with E-state index in [-0.39, 0.29) is 0 Å². The van der Waals surface area contributed by atoms with E-state index in [1.54, 1.807) is 0 Å². The van der Waals surface area contributed by atoms with E-state index in [1.165, 1.54) is 0 Å². The molecule has 1 saturated heterocycles. The van der Waals surface area contributed by atoms with E-state index in [0.29, 0.717) is 0 Å². The molecule has 1 aliphatic rings. The molecular weight excluding hydrogens is 266 g/mol. The zero-order valence-corrected chi connectivity index (χ0v) is 13.0. The van der Waals surface area contributed by atoms with E-state index in [2.05, 4.69) is 7.05 Å². The van der Waals surface area contributed by atoms with Gasteiger partial charge in [-0.05, 0) is 36.6 Å². The van der Waals surface area contributed by atoms with Gasteiger partial charge < -0.3 is 25.4 Å². The van der Waals surface area contributed by atoms with Gasteiger partial charge in [0, 0.05) is 18.0 Å². The van der Waals surface area contributed by atoms with E-state index in [4.69, 9.17) is 20.9 Å². The Balaban J connectivity index is 1.60. The molecule has 5 heteroatoms. The summed E-state index contributed by atoms with van der Waals surface area (Å²) in [5.41, 5.74) is 14.4. The summed E-state index contributed by atoms with van der Waals surface area (Å²) in [5, 5.41) is 0. The molecule has 0 unspecified atom stereocenters. The van der Waals surface area contributed by atoms with Crippen molar-refractivity contribution < 1.29 is 14.0 Å². The molecule has 1 fully saturated rings. The third-order valence-electron chi connectivity index (χ3n) is 4.23. The topological polar surface area (TPSA) is 70.5 Å². The molecule has 1 aromatic rings. The van der Waals surface area contributed by atoms with Crippen LogP contribution in [0.1, 0.15) is 12.0 Å². The summed E-state index contributed by atoms with van der Waals surface area (Å²) in [6.45, 7) is 6.54. The average molecular weight is 294 g/mol. The second-order valence-corrected chi connectivity index (χ2v) is 6.08. The van der Waals surface area contributed by atoms with Crippen LogP contribution in [0, 0.1) is 0 Å². The second kappa shape index (κ2) is 7.64. The highest BCUT2D eigenvalue weighted by atomic mass is 16.5. The Kier molecular flexibility index (Phi) is 5.85. The third-order valence-corrected chi connectivity index (χ3v) is 4.23. The molecule has 2 rings (SSSR count). The Hall–Kier alpha value is -1.30. The Bertz CT molecular complexity index is 445. The van der Waals surface area contributed by atoms with E-state index in [1.807, 2.05) is 18.2 Å². The Morgan fingerprint density at radius 1 is 1.19 bits per heavy atom. The number of benzene rings is 1. The van der Waals surface area contributed by atoms with Crippen molar-refractivity contribution in [3.8, 4) is 0 Å². The summed E-state index contributed by atoms with van der Waals surface area (Å²) >= 11 is 0. The van der Waals surface area contributed by atoms with Crippen molar-refractivity contribution in [1.82, 2.24) is 0 Å². The maximum atomic E-state index is 5.93. The lowest BCUT2D eigenvalue weighted by Crippen LogP contribution is -2.53. The van der Waals surface area contributed by atoms with Gasteiger partial charge in [0.1, 0.15) is 19.6 Å². The molecule has 4 N–H and O–H groups in total. The van der Waals surface area contributed by atoms with Gasteiger partial charge in [-0.2, -0.15) is 0 Å². The van der Waals surface area contributed by atoms with Crippen LogP contribution in [0.25, 0.3) is 0 Å². The molecular formula is C16H28N3O2+. The number of hydrogen-bond donors (Lipinski definition) is 2. The number of anilines is 2. The smallest absolute Gasteiger partial charge is 0.102 e. The summed E-state index contributed by atoms with van der Waals surface area (Å²) in [6.07, 6.45) is 1.89. The van der Waals surface area contributed by atoms with E-state index in [0.717, 1.165) is 80.3 Å². The van der Waals surface area contributed by atoms with Crippen molar-refractivity contribution in [3.05, 3.63) is 23.8 Å². The van der Waals surface area contributed by atoms with Crippen LogP contribution >= 0.6 is 0 Å². The molecule has 0 bridgehead atoms. The van der Waals surface area contributed by atoms with Crippen LogP contribution in [0.3, 0.4) is 0 Å². The summed E-state index contributed by atoms with van der Waals surface area (Å²) in [7, 11) is 2.28. The highest BCUT2D eigenvalue weighted by molar-refractivity contribution is 5.55. The van der Waals surface area contributed by atoms with Crippen LogP contribution in [0.15, 0.2) is 18.2 Å². The molecule has 21 heavy (non-hydrogen) atoms. The van der Waals surface area contributed by atoms with Gasteiger partial charge in [-0.1, -0.05) is 0 Å². The number of ether oxygens (including phenoxy) is 2. The van der Waals surface area contributed by atoms with Gasteiger partial charge in [0.25, 0.3) is 0 Å². The molecule has 0 amide bonds. The number of nitrogen functional groups attached to an aromatic ring is 2. The van der Waals surface area contributed by atoms with Gasteiger partial charge in [-0.15, -0.1) is 0 Å². The number of likely N-dealkylation sites (N-methyl/N-ethyl adjacent to an activating group) is 1. The lowest BCUT2D eigenvalue weighted by Gasteiger charge is -2.37. The quantitative estimate of drug-likeness (QED) is 0.451. The Labute approximate surface area is 127 Å². The lowest BCUT2D eigenvalue weighted by atomic mass is 10.1. The predicted molar refractivity (Wildman–Crippen MR) is 86.0 cm³/mol. The summed E-state index contributed by atoms with van der Waals surface area (Å²) in [6, 6.07) is 5.66. The molecule has 0 spiro atoms. The first kappa shape index (κ1) is 16.1. The minimum absolute atomic E-state index is 0.768. The molecule has 0 atom stereocenters. The van der Waals surface area contributed by atoms with Crippen LogP contribution in [-0.4, -0.2) is 57.6 Å². The summed E-state index contributed by atoms with van der Waals surface area (Å²) in [4.78, 5) is 0. The van der Waals surface area contributed by atoms with Gasteiger partial charge in [0.15, 0.2) is 0 Å². The minimum atomic E-state index is 0.768. The highest BCUT2D eigenvalue weighted by Crippen LogP contribution is 2.17. The van der Waals surface area contributed by atoms with Crippen LogP contribution in [0.2, 0.25) is 0 Å². The van der Waals surface area contributed by atoms with Crippen molar-refractivity contribution in [1.29, 1.82) is 0 Å². The largest absolute Gasteiger partial charge is 0.399 e. The zero-order chi connectivity index (χ0) is 15.1. The number of rotatable bonds is 7. The molecule has 1 aliphatic heterocycles. The SMILES string of the molecule is C[N+]1(CCOCCCc2cc(N)ccc2N)CCOCC1. The van der Waals surface area contributed by atoms with Crippen LogP contribution in [-0.2, 0) is 15.9 Å². The van der Waals surface area contributed by atoms with Crippen molar-refractivity contribution in [2.75, 3.05) is 64.6 Å². The normalized spacial score (nSPS) is 17.8. The monoisotopic (exact) mass is 294 g/mol. The number of quaternary nitrogens is 1. The van der Waals surface area contributed by atoms with Crippen molar-refractivity contribution >= 4 is 11.4 Å². The summed E-state index contributed by atoms with van der Waals surface area (Å²) < 4.78 is 12.2. The third kappa shape index (κ3) is 5.19.